The second kappa shape index (κ2) is 8.04. The monoisotopic (exact) mass is 397 g/mol. The largest absolute Gasteiger partial charge is 0.507 e. The van der Waals surface area contributed by atoms with Crippen molar-refractivity contribution in [2.24, 2.45) is 0 Å². The van der Waals surface area contributed by atoms with Crippen LogP contribution in [-0.4, -0.2) is 33.9 Å². The molecule has 2 heterocycles. The number of benzene rings is 2. The highest BCUT2D eigenvalue weighted by Gasteiger charge is 2.25. The second-order valence-corrected chi connectivity index (χ2v) is 7.14. The van der Waals surface area contributed by atoms with Gasteiger partial charge in [-0.05, 0) is 35.7 Å². The highest BCUT2D eigenvalue weighted by molar-refractivity contribution is 6.31. The van der Waals surface area contributed by atoms with Crippen LogP contribution in [0.4, 0.5) is 0 Å². The zero-order valence-electron chi connectivity index (χ0n) is 15.1. The first kappa shape index (κ1) is 18.5. The van der Waals surface area contributed by atoms with E-state index in [-0.39, 0.29) is 24.0 Å². The first-order valence-corrected chi connectivity index (χ1v) is 9.46. The van der Waals surface area contributed by atoms with Gasteiger partial charge in [0.15, 0.2) is 0 Å². The lowest BCUT2D eigenvalue weighted by atomic mass is 10.1. The van der Waals surface area contributed by atoms with E-state index in [0.717, 1.165) is 17.7 Å². The first-order valence-electron chi connectivity index (χ1n) is 9.08. The Morgan fingerprint density at radius 1 is 1.29 bits per heavy atom. The minimum Gasteiger partial charge on any atom is -0.507 e. The van der Waals surface area contributed by atoms with Gasteiger partial charge >= 0.3 is 0 Å². The van der Waals surface area contributed by atoms with Gasteiger partial charge in [0.2, 0.25) is 0 Å². The van der Waals surface area contributed by atoms with Gasteiger partial charge in [0.05, 0.1) is 24.4 Å². The molecule has 2 aromatic carbocycles. The lowest BCUT2D eigenvalue weighted by Gasteiger charge is -2.22. The standard InChI is InChI=1S/C21H20ClN3O3/c22-16-6-7-18(26)17(10-16)21(27)23-11-19-20-15(8-9-28-19)13-25(24-20)12-14-4-2-1-3-5-14/h1-7,10,13,19,26H,8-9,11-12H2,(H,23,27). The molecule has 6 nitrogen and oxygen atoms in total. The van der Waals surface area contributed by atoms with Gasteiger partial charge in [-0.25, -0.2) is 0 Å². The normalized spacial score (nSPS) is 15.8. The molecule has 1 atom stereocenters. The summed E-state index contributed by atoms with van der Waals surface area (Å²) >= 11 is 5.92. The molecule has 0 aliphatic carbocycles. The Balaban J connectivity index is 1.46. The van der Waals surface area contributed by atoms with E-state index < -0.39 is 5.91 Å². The van der Waals surface area contributed by atoms with E-state index in [0.29, 0.717) is 18.2 Å². The number of halogens is 1. The molecule has 0 saturated heterocycles. The molecular weight excluding hydrogens is 378 g/mol. The fraction of sp³-hybridized carbons (Fsp3) is 0.238. The van der Waals surface area contributed by atoms with Crippen LogP contribution in [0.15, 0.2) is 54.7 Å². The van der Waals surface area contributed by atoms with Crippen molar-refractivity contribution in [3.8, 4) is 5.75 Å². The van der Waals surface area contributed by atoms with Crippen molar-refractivity contribution >= 4 is 17.5 Å². The predicted molar refractivity (Wildman–Crippen MR) is 106 cm³/mol. The van der Waals surface area contributed by atoms with Crippen molar-refractivity contribution in [2.45, 2.75) is 19.1 Å². The summed E-state index contributed by atoms with van der Waals surface area (Å²) in [5, 5.41) is 17.7. The van der Waals surface area contributed by atoms with Gasteiger partial charge < -0.3 is 15.2 Å². The van der Waals surface area contributed by atoms with Crippen LogP contribution in [0.1, 0.15) is 33.3 Å². The molecule has 0 saturated carbocycles. The Labute approximate surface area is 167 Å². The van der Waals surface area contributed by atoms with Crippen molar-refractivity contribution in [1.82, 2.24) is 15.1 Å². The van der Waals surface area contributed by atoms with Crippen LogP contribution < -0.4 is 5.32 Å². The second-order valence-electron chi connectivity index (χ2n) is 6.70. The van der Waals surface area contributed by atoms with Crippen molar-refractivity contribution in [2.75, 3.05) is 13.2 Å². The molecule has 1 aliphatic heterocycles. The average molecular weight is 398 g/mol. The number of phenolic OH excluding ortho intramolecular Hbond substituents is 1. The fourth-order valence-corrected chi connectivity index (χ4v) is 3.48. The zero-order valence-corrected chi connectivity index (χ0v) is 15.9. The Kier molecular flexibility index (Phi) is 5.32. The third-order valence-corrected chi connectivity index (χ3v) is 4.94. The summed E-state index contributed by atoms with van der Waals surface area (Å²) in [5.41, 5.74) is 3.28. The highest BCUT2D eigenvalue weighted by atomic mass is 35.5. The molecule has 1 unspecified atom stereocenters. The first-order chi connectivity index (χ1) is 13.6. The Morgan fingerprint density at radius 2 is 2.11 bits per heavy atom. The van der Waals surface area contributed by atoms with E-state index >= 15 is 0 Å². The van der Waals surface area contributed by atoms with E-state index in [1.165, 1.54) is 23.8 Å². The number of rotatable bonds is 5. The van der Waals surface area contributed by atoms with Crippen LogP contribution in [0.25, 0.3) is 0 Å². The third-order valence-electron chi connectivity index (χ3n) is 4.70. The van der Waals surface area contributed by atoms with Crippen LogP contribution in [0, 0.1) is 0 Å². The van der Waals surface area contributed by atoms with E-state index in [4.69, 9.17) is 16.3 Å². The number of amides is 1. The molecular formula is C21H20ClN3O3. The molecule has 0 fully saturated rings. The molecule has 3 aromatic rings. The zero-order chi connectivity index (χ0) is 19.5. The van der Waals surface area contributed by atoms with Gasteiger partial charge in [0, 0.05) is 17.8 Å². The van der Waals surface area contributed by atoms with E-state index in [1.807, 2.05) is 29.1 Å². The summed E-state index contributed by atoms with van der Waals surface area (Å²) in [5.74, 6) is -0.515. The van der Waals surface area contributed by atoms with E-state index in [1.54, 1.807) is 0 Å². The van der Waals surface area contributed by atoms with Gasteiger partial charge in [-0.2, -0.15) is 5.10 Å². The summed E-state index contributed by atoms with van der Waals surface area (Å²) in [6.45, 7) is 1.52. The number of hydrogen-bond donors (Lipinski definition) is 2. The fourth-order valence-electron chi connectivity index (χ4n) is 3.31. The molecule has 0 spiro atoms. The average Bonchev–Trinajstić information content (AvgIpc) is 3.11. The van der Waals surface area contributed by atoms with Gasteiger partial charge in [0.1, 0.15) is 11.9 Å². The van der Waals surface area contributed by atoms with Gasteiger partial charge in [0.25, 0.3) is 5.91 Å². The molecule has 144 valence electrons. The number of aromatic hydroxyl groups is 1. The SMILES string of the molecule is O=C(NCC1OCCc2cn(Cc3ccccc3)nc21)c1cc(Cl)ccc1O. The molecule has 4 rings (SSSR count). The molecule has 1 aliphatic rings. The number of fused-ring (bicyclic) bond motifs is 1. The maximum Gasteiger partial charge on any atom is 0.255 e. The Hall–Kier alpha value is -2.83. The van der Waals surface area contributed by atoms with Crippen LogP contribution in [0.5, 0.6) is 5.75 Å². The topological polar surface area (TPSA) is 76.4 Å². The number of carbonyl (C=O) groups is 1. The van der Waals surface area contributed by atoms with Crippen LogP contribution in [0.2, 0.25) is 5.02 Å². The number of nitrogens with zero attached hydrogens (tertiary/aromatic N) is 2. The maximum atomic E-state index is 12.4. The van der Waals surface area contributed by atoms with Crippen LogP contribution in [-0.2, 0) is 17.7 Å². The highest BCUT2D eigenvalue weighted by Crippen LogP contribution is 2.26. The minimum absolute atomic E-state index is 0.112. The van der Waals surface area contributed by atoms with Crippen molar-refractivity contribution in [3.63, 3.8) is 0 Å². The molecule has 28 heavy (non-hydrogen) atoms. The summed E-state index contributed by atoms with van der Waals surface area (Å²) in [6.07, 6.45) is 2.51. The number of hydrogen-bond acceptors (Lipinski definition) is 4. The van der Waals surface area contributed by atoms with Crippen LogP contribution in [0.3, 0.4) is 0 Å². The van der Waals surface area contributed by atoms with Crippen molar-refractivity contribution in [3.05, 3.63) is 82.1 Å². The number of ether oxygens (including phenoxy) is 1. The molecule has 1 amide bonds. The van der Waals surface area contributed by atoms with Gasteiger partial charge in [-0.15, -0.1) is 0 Å². The summed E-state index contributed by atoms with van der Waals surface area (Å²) in [6, 6.07) is 14.5. The third kappa shape index (κ3) is 4.03. The number of carbonyl (C=O) groups excluding carboxylic acids is 1. The predicted octanol–water partition coefficient (Wildman–Crippen LogP) is 3.33. The Bertz CT molecular complexity index is 988. The molecule has 1 aromatic heterocycles. The molecule has 2 N–H and O–H groups in total. The summed E-state index contributed by atoms with van der Waals surface area (Å²) in [7, 11) is 0. The van der Waals surface area contributed by atoms with E-state index in [9.17, 15) is 9.90 Å². The van der Waals surface area contributed by atoms with Crippen molar-refractivity contribution in [1.29, 1.82) is 0 Å². The van der Waals surface area contributed by atoms with Gasteiger partial charge in [-0.3, -0.25) is 9.48 Å². The molecule has 0 bridgehead atoms. The quantitative estimate of drug-likeness (QED) is 0.692. The number of phenols is 1. The van der Waals surface area contributed by atoms with E-state index in [2.05, 4.69) is 22.5 Å². The number of aromatic nitrogens is 2. The molecule has 0 radical (unpaired) electrons. The van der Waals surface area contributed by atoms with Crippen LogP contribution >= 0.6 is 11.6 Å². The summed E-state index contributed by atoms with van der Waals surface area (Å²) < 4.78 is 7.74. The number of nitrogens with one attached hydrogen (secondary N) is 1. The van der Waals surface area contributed by atoms with Gasteiger partial charge in [-0.1, -0.05) is 41.9 Å². The van der Waals surface area contributed by atoms with Crippen molar-refractivity contribution < 1.29 is 14.6 Å². The lowest BCUT2D eigenvalue weighted by molar-refractivity contribution is 0.0383. The summed E-state index contributed by atoms with van der Waals surface area (Å²) in [4.78, 5) is 12.4. The Morgan fingerprint density at radius 3 is 2.93 bits per heavy atom. The smallest absolute Gasteiger partial charge is 0.255 e. The minimum atomic E-state index is -0.403. The lowest BCUT2D eigenvalue weighted by Crippen LogP contribution is -2.32. The molecule has 7 heteroatoms. The maximum absolute atomic E-state index is 12.4.